The van der Waals surface area contributed by atoms with Gasteiger partial charge in [-0.15, -0.1) is 0 Å². The zero-order valence-corrected chi connectivity index (χ0v) is 13.6. The van der Waals surface area contributed by atoms with Crippen molar-refractivity contribution in [3.8, 4) is 11.1 Å². The number of halogens is 2. The highest BCUT2D eigenvalue weighted by Gasteiger charge is 2.11. The van der Waals surface area contributed by atoms with Crippen LogP contribution < -0.4 is 5.32 Å². The van der Waals surface area contributed by atoms with Crippen LogP contribution in [0.15, 0.2) is 60.8 Å². The van der Waals surface area contributed by atoms with E-state index < -0.39 is 0 Å². The number of amides is 1. The SMILES string of the molecule is Cc1ccc(Cl)cc1NC(=O)c1cc(-c2ccc(F)cc2)ccn1. The van der Waals surface area contributed by atoms with E-state index >= 15 is 0 Å². The van der Waals surface area contributed by atoms with Crippen LogP contribution >= 0.6 is 11.6 Å². The molecule has 1 N–H and O–H groups in total. The largest absolute Gasteiger partial charge is 0.320 e. The minimum atomic E-state index is -0.329. The van der Waals surface area contributed by atoms with Crippen molar-refractivity contribution in [3.05, 3.63) is 82.9 Å². The Kier molecular flexibility index (Phi) is 4.58. The fraction of sp³-hybridized carbons (Fsp3) is 0.0526. The Hall–Kier alpha value is -2.72. The Morgan fingerprint density at radius 1 is 1.04 bits per heavy atom. The van der Waals surface area contributed by atoms with E-state index in [1.54, 1.807) is 42.6 Å². The molecule has 0 saturated heterocycles. The summed E-state index contributed by atoms with van der Waals surface area (Å²) in [6, 6.07) is 14.8. The van der Waals surface area contributed by atoms with Gasteiger partial charge < -0.3 is 5.32 Å². The van der Waals surface area contributed by atoms with Crippen LogP contribution in [0.1, 0.15) is 16.1 Å². The number of aromatic nitrogens is 1. The van der Waals surface area contributed by atoms with Crippen molar-refractivity contribution in [1.82, 2.24) is 4.98 Å². The molecule has 3 aromatic rings. The maximum Gasteiger partial charge on any atom is 0.274 e. The first kappa shape index (κ1) is 16.1. The molecule has 2 aromatic carbocycles. The topological polar surface area (TPSA) is 42.0 Å². The van der Waals surface area contributed by atoms with Gasteiger partial charge in [-0.3, -0.25) is 9.78 Å². The first-order valence-electron chi connectivity index (χ1n) is 7.32. The summed E-state index contributed by atoms with van der Waals surface area (Å²) in [5.74, 6) is -0.633. The number of rotatable bonds is 3. The predicted octanol–water partition coefficient (Wildman–Crippen LogP) is 5.10. The number of carbonyl (C=O) groups is 1. The second kappa shape index (κ2) is 6.81. The molecule has 0 atom stereocenters. The Balaban J connectivity index is 1.87. The summed E-state index contributed by atoms with van der Waals surface area (Å²) >= 11 is 5.97. The molecule has 0 bridgehead atoms. The number of pyridine rings is 1. The molecule has 0 unspecified atom stereocenters. The van der Waals surface area contributed by atoms with Gasteiger partial charge in [0.15, 0.2) is 0 Å². The van der Waals surface area contributed by atoms with Crippen molar-refractivity contribution < 1.29 is 9.18 Å². The van der Waals surface area contributed by atoms with Crippen LogP contribution in [0, 0.1) is 12.7 Å². The lowest BCUT2D eigenvalue weighted by Crippen LogP contribution is -2.14. The summed E-state index contributed by atoms with van der Waals surface area (Å²) < 4.78 is 13.0. The van der Waals surface area contributed by atoms with E-state index in [-0.39, 0.29) is 17.4 Å². The normalized spacial score (nSPS) is 10.5. The lowest BCUT2D eigenvalue weighted by molar-refractivity contribution is 0.102. The average Bonchev–Trinajstić information content (AvgIpc) is 2.59. The van der Waals surface area contributed by atoms with E-state index in [4.69, 9.17) is 11.6 Å². The van der Waals surface area contributed by atoms with E-state index in [0.717, 1.165) is 16.7 Å². The monoisotopic (exact) mass is 340 g/mol. The molecule has 3 rings (SSSR count). The quantitative estimate of drug-likeness (QED) is 0.720. The van der Waals surface area contributed by atoms with E-state index in [0.29, 0.717) is 10.7 Å². The molecular formula is C19H14ClFN2O. The van der Waals surface area contributed by atoms with Crippen molar-refractivity contribution in [2.45, 2.75) is 6.92 Å². The standard InChI is InChI=1S/C19H14ClFN2O/c1-12-2-5-15(20)11-17(12)23-19(24)18-10-14(8-9-22-18)13-3-6-16(21)7-4-13/h2-11H,1H3,(H,23,24). The van der Waals surface area contributed by atoms with Crippen molar-refractivity contribution in [1.29, 1.82) is 0 Å². The van der Waals surface area contributed by atoms with Crippen LogP contribution in [-0.4, -0.2) is 10.9 Å². The van der Waals surface area contributed by atoms with E-state index in [9.17, 15) is 9.18 Å². The van der Waals surface area contributed by atoms with Crippen molar-refractivity contribution in [3.63, 3.8) is 0 Å². The number of hydrogen-bond acceptors (Lipinski definition) is 2. The van der Waals surface area contributed by atoms with Gasteiger partial charge in [0.2, 0.25) is 0 Å². The zero-order valence-electron chi connectivity index (χ0n) is 12.9. The van der Waals surface area contributed by atoms with E-state index in [1.165, 1.54) is 12.1 Å². The number of anilines is 1. The van der Waals surface area contributed by atoms with Crippen LogP contribution in [0.3, 0.4) is 0 Å². The second-order valence-corrected chi connectivity index (χ2v) is 5.79. The molecular weight excluding hydrogens is 327 g/mol. The van der Waals surface area contributed by atoms with Crippen molar-refractivity contribution in [2.75, 3.05) is 5.32 Å². The maximum atomic E-state index is 13.0. The second-order valence-electron chi connectivity index (χ2n) is 5.35. The summed E-state index contributed by atoms with van der Waals surface area (Å²) in [5.41, 5.74) is 3.42. The highest BCUT2D eigenvalue weighted by Crippen LogP contribution is 2.22. The third kappa shape index (κ3) is 3.60. The fourth-order valence-electron chi connectivity index (χ4n) is 2.29. The smallest absolute Gasteiger partial charge is 0.274 e. The molecule has 0 aliphatic heterocycles. The Morgan fingerprint density at radius 2 is 1.79 bits per heavy atom. The number of hydrogen-bond donors (Lipinski definition) is 1. The van der Waals surface area contributed by atoms with Crippen molar-refractivity contribution >= 4 is 23.2 Å². The maximum absolute atomic E-state index is 13.0. The van der Waals surface area contributed by atoms with Crippen LogP contribution in [0.5, 0.6) is 0 Å². The third-order valence-corrected chi connectivity index (χ3v) is 3.85. The molecule has 0 radical (unpaired) electrons. The Bertz CT molecular complexity index is 894. The molecule has 0 aliphatic rings. The first-order chi connectivity index (χ1) is 11.5. The van der Waals surface area contributed by atoms with Gasteiger partial charge in [0.1, 0.15) is 11.5 Å². The highest BCUT2D eigenvalue weighted by atomic mass is 35.5. The number of carbonyl (C=O) groups excluding carboxylic acids is 1. The molecule has 1 heterocycles. The molecule has 0 spiro atoms. The van der Waals surface area contributed by atoms with Crippen LogP contribution in [0.25, 0.3) is 11.1 Å². The number of aryl methyl sites for hydroxylation is 1. The van der Waals surface area contributed by atoms with Gasteiger partial charge >= 0.3 is 0 Å². The van der Waals surface area contributed by atoms with Crippen molar-refractivity contribution in [2.24, 2.45) is 0 Å². The van der Waals surface area contributed by atoms with Crippen LogP contribution in [0.2, 0.25) is 5.02 Å². The Labute approximate surface area is 144 Å². The lowest BCUT2D eigenvalue weighted by atomic mass is 10.1. The molecule has 0 fully saturated rings. The predicted molar refractivity (Wildman–Crippen MR) is 93.8 cm³/mol. The third-order valence-electron chi connectivity index (χ3n) is 3.62. The molecule has 5 heteroatoms. The fourth-order valence-corrected chi connectivity index (χ4v) is 2.46. The van der Waals surface area contributed by atoms with Gasteiger partial charge in [0.25, 0.3) is 5.91 Å². The first-order valence-corrected chi connectivity index (χ1v) is 7.70. The van der Waals surface area contributed by atoms with Crippen LogP contribution in [-0.2, 0) is 0 Å². The van der Waals surface area contributed by atoms with Gasteiger partial charge in [-0.25, -0.2) is 4.39 Å². The van der Waals surface area contributed by atoms with Gasteiger partial charge in [-0.2, -0.15) is 0 Å². The highest BCUT2D eigenvalue weighted by molar-refractivity contribution is 6.31. The van der Waals surface area contributed by atoms with Gasteiger partial charge in [-0.05, 0) is 60.0 Å². The summed E-state index contributed by atoms with van der Waals surface area (Å²) in [5, 5.41) is 3.35. The van der Waals surface area contributed by atoms with Crippen LogP contribution in [0.4, 0.5) is 10.1 Å². The summed E-state index contributed by atoms with van der Waals surface area (Å²) in [6.45, 7) is 1.88. The molecule has 1 aromatic heterocycles. The molecule has 3 nitrogen and oxygen atoms in total. The Morgan fingerprint density at radius 3 is 2.54 bits per heavy atom. The van der Waals surface area contributed by atoms with E-state index in [2.05, 4.69) is 10.3 Å². The molecule has 0 aliphatic carbocycles. The van der Waals surface area contributed by atoms with Gasteiger partial charge in [0, 0.05) is 16.9 Å². The van der Waals surface area contributed by atoms with Gasteiger partial charge in [-0.1, -0.05) is 29.8 Å². The number of nitrogens with one attached hydrogen (secondary N) is 1. The molecule has 120 valence electrons. The lowest BCUT2D eigenvalue weighted by Gasteiger charge is -2.09. The zero-order chi connectivity index (χ0) is 17.1. The average molecular weight is 341 g/mol. The molecule has 0 saturated carbocycles. The molecule has 24 heavy (non-hydrogen) atoms. The minimum absolute atomic E-state index is 0.274. The van der Waals surface area contributed by atoms with E-state index in [1.807, 2.05) is 13.0 Å². The summed E-state index contributed by atoms with van der Waals surface area (Å²) in [4.78, 5) is 16.6. The number of nitrogens with zero attached hydrogens (tertiary/aromatic N) is 1. The molecule has 1 amide bonds. The minimum Gasteiger partial charge on any atom is -0.320 e. The number of benzene rings is 2. The van der Waals surface area contributed by atoms with Gasteiger partial charge in [0.05, 0.1) is 0 Å². The summed E-state index contributed by atoms with van der Waals surface area (Å²) in [6.07, 6.45) is 1.55. The summed E-state index contributed by atoms with van der Waals surface area (Å²) in [7, 11) is 0.